The van der Waals surface area contributed by atoms with Crippen LogP contribution in [0.1, 0.15) is 40.1 Å². The summed E-state index contributed by atoms with van der Waals surface area (Å²) in [6.07, 6.45) is 5.42. The zero-order valence-corrected chi connectivity index (χ0v) is 20.6. The molecule has 0 bridgehead atoms. The van der Waals surface area contributed by atoms with Crippen molar-refractivity contribution in [2.75, 3.05) is 18.4 Å². The molecule has 5 rings (SSSR count). The maximum Gasteiger partial charge on any atom is 0.253 e. The van der Waals surface area contributed by atoms with Crippen LogP contribution in [0.2, 0.25) is 0 Å². The first kappa shape index (κ1) is 23.9. The lowest BCUT2D eigenvalue weighted by atomic mass is 10.0. The number of imidazole rings is 1. The van der Waals surface area contributed by atoms with Crippen LogP contribution >= 0.6 is 0 Å². The second-order valence-electron chi connectivity index (χ2n) is 8.42. The summed E-state index contributed by atoms with van der Waals surface area (Å²) < 4.78 is 1.97. The van der Waals surface area contributed by atoms with Gasteiger partial charge < -0.3 is 10.2 Å². The van der Waals surface area contributed by atoms with Crippen LogP contribution < -0.4 is 5.32 Å². The molecule has 3 aromatic heterocycles. The number of nitrogens with one attached hydrogen (secondary N) is 1. The highest BCUT2D eigenvalue weighted by atomic mass is 16.2. The molecule has 0 unspecified atom stereocenters. The number of hydrogen-bond acceptors (Lipinski definition) is 6. The minimum absolute atomic E-state index is 0.0351. The summed E-state index contributed by atoms with van der Waals surface area (Å²) in [5.41, 5.74) is 4.86. The number of amides is 1. The molecule has 0 saturated carbocycles. The Morgan fingerprint density at radius 3 is 2.22 bits per heavy atom. The summed E-state index contributed by atoms with van der Waals surface area (Å²) in [5, 5.41) is 3.20. The highest BCUT2D eigenvalue weighted by molar-refractivity contribution is 6.09. The van der Waals surface area contributed by atoms with Crippen molar-refractivity contribution in [1.82, 2.24) is 24.3 Å². The van der Waals surface area contributed by atoms with Crippen molar-refractivity contribution >= 4 is 29.0 Å². The third-order valence-corrected chi connectivity index (χ3v) is 6.18. The molecule has 184 valence electrons. The highest BCUT2D eigenvalue weighted by Crippen LogP contribution is 2.22. The summed E-state index contributed by atoms with van der Waals surface area (Å²) in [7, 11) is 0. The van der Waals surface area contributed by atoms with Gasteiger partial charge in [-0.1, -0.05) is 18.2 Å². The minimum atomic E-state index is -0.112. The fourth-order valence-corrected chi connectivity index (χ4v) is 4.14. The van der Waals surface area contributed by atoms with E-state index in [1.165, 1.54) is 0 Å². The van der Waals surface area contributed by atoms with E-state index in [1.807, 2.05) is 60.8 Å². The summed E-state index contributed by atoms with van der Waals surface area (Å²) in [6.45, 7) is 5.18. The molecule has 3 heterocycles. The molecule has 8 nitrogen and oxygen atoms in total. The van der Waals surface area contributed by atoms with Crippen LogP contribution in [0.15, 0.2) is 91.4 Å². The van der Waals surface area contributed by atoms with Crippen molar-refractivity contribution in [3.8, 4) is 11.4 Å². The number of pyridine rings is 1. The van der Waals surface area contributed by atoms with Gasteiger partial charge in [0, 0.05) is 47.9 Å². The van der Waals surface area contributed by atoms with Gasteiger partial charge in [0.05, 0.1) is 17.6 Å². The molecule has 0 aliphatic heterocycles. The van der Waals surface area contributed by atoms with Crippen molar-refractivity contribution in [2.45, 2.75) is 13.8 Å². The normalized spacial score (nSPS) is 10.9. The Balaban J connectivity index is 1.29. The number of carbonyl (C=O) groups is 2. The van der Waals surface area contributed by atoms with Gasteiger partial charge in [0.25, 0.3) is 5.91 Å². The van der Waals surface area contributed by atoms with Crippen molar-refractivity contribution in [3.63, 3.8) is 0 Å². The fraction of sp³-hybridized carbons (Fsp3) is 0.138. The fourth-order valence-electron chi connectivity index (χ4n) is 4.14. The third kappa shape index (κ3) is 4.95. The maximum atomic E-state index is 13.0. The molecule has 5 aromatic rings. The van der Waals surface area contributed by atoms with Crippen LogP contribution in [0.25, 0.3) is 17.0 Å². The number of nitrogens with zero attached hydrogens (tertiary/aromatic N) is 5. The van der Waals surface area contributed by atoms with Crippen molar-refractivity contribution in [2.24, 2.45) is 0 Å². The Morgan fingerprint density at radius 1 is 0.838 bits per heavy atom. The molecule has 2 aromatic carbocycles. The van der Waals surface area contributed by atoms with Gasteiger partial charge in [-0.3, -0.25) is 14.0 Å². The lowest BCUT2D eigenvalue weighted by Gasteiger charge is -2.18. The Morgan fingerprint density at radius 2 is 1.51 bits per heavy atom. The highest BCUT2D eigenvalue weighted by Gasteiger charge is 2.15. The van der Waals surface area contributed by atoms with E-state index in [-0.39, 0.29) is 11.7 Å². The van der Waals surface area contributed by atoms with Gasteiger partial charge in [0.15, 0.2) is 5.78 Å². The van der Waals surface area contributed by atoms with Gasteiger partial charge in [0.2, 0.25) is 5.95 Å². The van der Waals surface area contributed by atoms with Crippen LogP contribution in [0.5, 0.6) is 0 Å². The van der Waals surface area contributed by atoms with Crippen molar-refractivity contribution in [1.29, 1.82) is 0 Å². The molecular formula is C29H26N6O2. The molecule has 0 aliphatic carbocycles. The van der Waals surface area contributed by atoms with Crippen LogP contribution in [-0.2, 0) is 0 Å². The Labute approximate surface area is 214 Å². The van der Waals surface area contributed by atoms with Crippen LogP contribution in [0.3, 0.4) is 0 Å². The average Bonchev–Trinajstić information content (AvgIpc) is 3.38. The summed E-state index contributed by atoms with van der Waals surface area (Å²) in [6, 6.07) is 21.6. The molecule has 0 fully saturated rings. The quantitative estimate of drug-likeness (QED) is 0.299. The topological polar surface area (TPSA) is 92.5 Å². The summed E-state index contributed by atoms with van der Waals surface area (Å²) in [5.74, 6) is 0.294. The molecule has 0 saturated heterocycles. The van der Waals surface area contributed by atoms with E-state index in [4.69, 9.17) is 0 Å². The van der Waals surface area contributed by atoms with Gasteiger partial charge in [-0.05, 0) is 68.4 Å². The summed E-state index contributed by atoms with van der Waals surface area (Å²) >= 11 is 0. The molecule has 0 spiro atoms. The standard InChI is InChI=1S/C29H26N6O2/c1-3-34(4-2)28(37)22-10-8-20(9-11-22)27(36)21-12-14-23(15-13-21)32-29-30-17-16-24(33-29)25-19-31-26-7-5-6-18-35(25)26/h5-19H,3-4H2,1-2H3,(H,30,32,33). The zero-order chi connectivity index (χ0) is 25.8. The number of carbonyl (C=O) groups excluding carboxylic acids is 2. The van der Waals surface area contributed by atoms with Gasteiger partial charge in [0.1, 0.15) is 5.65 Å². The van der Waals surface area contributed by atoms with E-state index in [0.29, 0.717) is 35.7 Å². The molecule has 0 radical (unpaired) electrons. The van der Waals surface area contributed by atoms with E-state index in [1.54, 1.807) is 53.7 Å². The first-order chi connectivity index (χ1) is 18.1. The lowest BCUT2D eigenvalue weighted by Crippen LogP contribution is -2.30. The Kier molecular flexibility index (Phi) is 6.72. The third-order valence-electron chi connectivity index (χ3n) is 6.18. The zero-order valence-electron chi connectivity index (χ0n) is 20.6. The molecule has 1 N–H and O–H groups in total. The maximum absolute atomic E-state index is 13.0. The predicted octanol–water partition coefficient (Wildman–Crippen LogP) is 5.25. The van der Waals surface area contributed by atoms with Gasteiger partial charge in [-0.15, -0.1) is 0 Å². The number of hydrogen-bond donors (Lipinski definition) is 1. The van der Waals surface area contributed by atoms with Crippen LogP contribution in [-0.4, -0.2) is 49.0 Å². The molecule has 0 atom stereocenters. The molecule has 1 amide bonds. The number of ketones is 1. The van der Waals surface area contributed by atoms with Crippen LogP contribution in [0.4, 0.5) is 11.6 Å². The largest absolute Gasteiger partial charge is 0.339 e. The number of rotatable bonds is 8. The predicted molar refractivity (Wildman–Crippen MR) is 143 cm³/mol. The van der Waals surface area contributed by atoms with Gasteiger partial charge in [-0.2, -0.15) is 0 Å². The van der Waals surface area contributed by atoms with Crippen molar-refractivity contribution < 1.29 is 9.59 Å². The second kappa shape index (κ2) is 10.4. The number of benzene rings is 2. The first-order valence-electron chi connectivity index (χ1n) is 12.1. The number of aromatic nitrogens is 4. The Hall–Kier alpha value is -4.85. The first-order valence-corrected chi connectivity index (χ1v) is 12.1. The van der Waals surface area contributed by atoms with Gasteiger partial charge in [-0.25, -0.2) is 15.0 Å². The SMILES string of the molecule is CCN(CC)C(=O)c1ccc(C(=O)c2ccc(Nc3nccc(-c4cnc5ccccn45)n3)cc2)cc1. The average molecular weight is 491 g/mol. The number of anilines is 2. The van der Waals surface area contributed by atoms with Crippen molar-refractivity contribution in [3.05, 3.63) is 108 Å². The van der Waals surface area contributed by atoms with E-state index in [9.17, 15) is 9.59 Å². The smallest absolute Gasteiger partial charge is 0.253 e. The molecule has 0 aliphatic rings. The lowest BCUT2D eigenvalue weighted by molar-refractivity contribution is 0.0772. The minimum Gasteiger partial charge on any atom is -0.339 e. The Bertz CT molecular complexity index is 1550. The van der Waals surface area contributed by atoms with E-state index < -0.39 is 0 Å². The molecular weight excluding hydrogens is 464 g/mol. The molecule has 8 heteroatoms. The van der Waals surface area contributed by atoms with E-state index >= 15 is 0 Å². The second-order valence-corrected chi connectivity index (χ2v) is 8.42. The van der Waals surface area contributed by atoms with Crippen LogP contribution in [0, 0.1) is 0 Å². The van der Waals surface area contributed by atoms with Gasteiger partial charge >= 0.3 is 0 Å². The monoisotopic (exact) mass is 490 g/mol. The van der Waals surface area contributed by atoms with E-state index in [2.05, 4.69) is 20.3 Å². The summed E-state index contributed by atoms with van der Waals surface area (Å²) in [4.78, 5) is 40.6. The van der Waals surface area contributed by atoms with E-state index in [0.717, 1.165) is 22.7 Å². The number of fused-ring (bicyclic) bond motifs is 1. The molecule has 37 heavy (non-hydrogen) atoms.